The van der Waals surface area contributed by atoms with Crippen molar-refractivity contribution in [1.29, 1.82) is 0 Å². The Bertz CT molecular complexity index is 534. The van der Waals surface area contributed by atoms with Crippen molar-refractivity contribution in [1.82, 2.24) is 24.6 Å². The average molecular weight is 305 g/mol. The molecule has 2 saturated heterocycles. The fourth-order valence-corrected chi connectivity index (χ4v) is 3.44. The standard InChI is InChI=1S/C15H23N5O2/c1-11(2)20-8-12(7-14(20)21)15(22)18-5-3-13(4-6-18)19-9-16-17-10-19/h9-13H,3-8H2,1-2H3. The van der Waals surface area contributed by atoms with Crippen molar-refractivity contribution in [2.45, 2.75) is 45.2 Å². The predicted octanol–water partition coefficient (Wildman–Crippen LogP) is 0.698. The monoisotopic (exact) mass is 305 g/mol. The van der Waals surface area contributed by atoms with Gasteiger partial charge in [0.15, 0.2) is 0 Å². The van der Waals surface area contributed by atoms with Crippen LogP contribution in [0.4, 0.5) is 0 Å². The number of rotatable bonds is 3. The highest BCUT2D eigenvalue weighted by atomic mass is 16.2. The van der Waals surface area contributed by atoms with E-state index in [0.29, 0.717) is 19.0 Å². The lowest BCUT2D eigenvalue weighted by atomic mass is 10.0. The Hall–Kier alpha value is -1.92. The van der Waals surface area contributed by atoms with E-state index in [2.05, 4.69) is 10.2 Å². The highest BCUT2D eigenvalue weighted by Crippen LogP contribution is 2.26. The normalized spacial score (nSPS) is 23.6. The number of amides is 2. The van der Waals surface area contributed by atoms with E-state index in [4.69, 9.17) is 0 Å². The van der Waals surface area contributed by atoms with Gasteiger partial charge in [0, 0.05) is 38.1 Å². The van der Waals surface area contributed by atoms with Gasteiger partial charge in [0.1, 0.15) is 12.7 Å². The molecule has 0 saturated carbocycles. The fraction of sp³-hybridized carbons (Fsp3) is 0.733. The van der Waals surface area contributed by atoms with Crippen LogP contribution >= 0.6 is 0 Å². The summed E-state index contributed by atoms with van der Waals surface area (Å²) in [7, 11) is 0. The summed E-state index contributed by atoms with van der Waals surface area (Å²) in [4.78, 5) is 28.3. The molecule has 1 aromatic heterocycles. The van der Waals surface area contributed by atoms with Crippen LogP contribution in [0.2, 0.25) is 0 Å². The molecule has 1 aromatic rings. The molecule has 0 radical (unpaired) electrons. The molecule has 1 atom stereocenters. The molecule has 7 nitrogen and oxygen atoms in total. The van der Waals surface area contributed by atoms with Crippen molar-refractivity contribution in [3.63, 3.8) is 0 Å². The van der Waals surface area contributed by atoms with Gasteiger partial charge in [-0.05, 0) is 26.7 Å². The summed E-state index contributed by atoms with van der Waals surface area (Å²) in [6.45, 7) is 6.05. The SMILES string of the molecule is CC(C)N1CC(C(=O)N2CCC(n3cnnc3)CC2)CC1=O. The van der Waals surface area contributed by atoms with Crippen molar-refractivity contribution in [3.8, 4) is 0 Å². The van der Waals surface area contributed by atoms with Crippen LogP contribution in [-0.4, -0.2) is 62.1 Å². The van der Waals surface area contributed by atoms with Crippen molar-refractivity contribution < 1.29 is 9.59 Å². The summed E-state index contributed by atoms with van der Waals surface area (Å²) in [5.74, 6) is 0.0767. The topological polar surface area (TPSA) is 71.3 Å². The maximum absolute atomic E-state index is 12.6. The van der Waals surface area contributed by atoms with E-state index in [0.717, 1.165) is 25.9 Å². The van der Waals surface area contributed by atoms with Crippen LogP contribution in [0.5, 0.6) is 0 Å². The summed E-state index contributed by atoms with van der Waals surface area (Å²) in [6, 6.07) is 0.543. The number of carbonyl (C=O) groups is 2. The second-order valence-corrected chi connectivity index (χ2v) is 6.51. The van der Waals surface area contributed by atoms with E-state index in [1.165, 1.54) is 0 Å². The van der Waals surface area contributed by atoms with Gasteiger partial charge in [-0.15, -0.1) is 10.2 Å². The molecule has 2 aliphatic heterocycles. The summed E-state index contributed by atoms with van der Waals surface area (Å²) in [5.41, 5.74) is 0. The Labute approximate surface area is 130 Å². The van der Waals surface area contributed by atoms with E-state index in [1.807, 2.05) is 28.2 Å². The molecule has 0 aliphatic carbocycles. The molecular formula is C15H23N5O2. The van der Waals surface area contributed by atoms with Gasteiger partial charge in [-0.25, -0.2) is 0 Å². The molecule has 0 spiro atoms. The van der Waals surface area contributed by atoms with Crippen molar-refractivity contribution in [2.24, 2.45) is 5.92 Å². The lowest BCUT2D eigenvalue weighted by Crippen LogP contribution is -2.43. The second kappa shape index (κ2) is 6.06. The lowest BCUT2D eigenvalue weighted by molar-refractivity contribution is -0.137. The van der Waals surface area contributed by atoms with E-state index in [9.17, 15) is 9.59 Å². The number of carbonyl (C=O) groups excluding carboxylic acids is 2. The maximum atomic E-state index is 12.6. The van der Waals surface area contributed by atoms with Gasteiger partial charge >= 0.3 is 0 Å². The van der Waals surface area contributed by atoms with Crippen LogP contribution in [0.3, 0.4) is 0 Å². The van der Waals surface area contributed by atoms with E-state index < -0.39 is 0 Å². The largest absolute Gasteiger partial charge is 0.342 e. The van der Waals surface area contributed by atoms with Crippen molar-refractivity contribution in [3.05, 3.63) is 12.7 Å². The first-order chi connectivity index (χ1) is 10.6. The van der Waals surface area contributed by atoms with E-state index in [1.54, 1.807) is 12.7 Å². The molecule has 120 valence electrons. The van der Waals surface area contributed by atoms with Gasteiger partial charge in [0.25, 0.3) is 0 Å². The molecule has 2 fully saturated rings. The Morgan fingerprint density at radius 2 is 1.86 bits per heavy atom. The molecule has 0 aromatic carbocycles. The quantitative estimate of drug-likeness (QED) is 0.824. The highest BCUT2D eigenvalue weighted by molar-refractivity contribution is 5.89. The Morgan fingerprint density at radius 3 is 2.41 bits per heavy atom. The summed E-state index contributed by atoms with van der Waals surface area (Å²) < 4.78 is 2.02. The molecule has 2 aliphatic rings. The third-order valence-corrected chi connectivity index (χ3v) is 4.77. The lowest BCUT2D eigenvalue weighted by Gasteiger charge is -2.33. The Balaban J connectivity index is 1.55. The molecule has 2 amide bonds. The van der Waals surface area contributed by atoms with Gasteiger partial charge in [0.05, 0.1) is 5.92 Å². The Kier molecular flexibility index (Phi) is 4.13. The minimum atomic E-state index is -0.165. The molecule has 3 heterocycles. The van der Waals surface area contributed by atoms with Crippen LogP contribution in [0, 0.1) is 5.92 Å². The summed E-state index contributed by atoms with van der Waals surface area (Å²) in [6.07, 6.45) is 5.66. The number of piperidine rings is 1. The zero-order valence-electron chi connectivity index (χ0n) is 13.2. The van der Waals surface area contributed by atoms with Gasteiger partial charge in [-0.3, -0.25) is 9.59 Å². The third kappa shape index (κ3) is 2.84. The molecular weight excluding hydrogens is 282 g/mol. The molecule has 1 unspecified atom stereocenters. The first-order valence-corrected chi connectivity index (χ1v) is 7.98. The van der Waals surface area contributed by atoms with Crippen molar-refractivity contribution in [2.75, 3.05) is 19.6 Å². The second-order valence-electron chi connectivity index (χ2n) is 6.51. The van der Waals surface area contributed by atoms with Crippen LogP contribution in [0.15, 0.2) is 12.7 Å². The van der Waals surface area contributed by atoms with Gasteiger partial charge in [0.2, 0.25) is 11.8 Å². The van der Waals surface area contributed by atoms with Gasteiger partial charge in [-0.1, -0.05) is 0 Å². The first-order valence-electron chi connectivity index (χ1n) is 7.98. The minimum Gasteiger partial charge on any atom is -0.342 e. The zero-order chi connectivity index (χ0) is 15.7. The summed E-state index contributed by atoms with van der Waals surface area (Å²) >= 11 is 0. The molecule has 0 bridgehead atoms. The first kappa shape index (κ1) is 15.0. The molecule has 3 rings (SSSR count). The molecule has 0 N–H and O–H groups in total. The van der Waals surface area contributed by atoms with Gasteiger partial charge in [-0.2, -0.15) is 0 Å². The number of nitrogens with zero attached hydrogens (tertiary/aromatic N) is 5. The van der Waals surface area contributed by atoms with Crippen LogP contribution in [-0.2, 0) is 9.59 Å². The Morgan fingerprint density at radius 1 is 1.23 bits per heavy atom. The van der Waals surface area contributed by atoms with E-state index >= 15 is 0 Å². The molecule has 22 heavy (non-hydrogen) atoms. The smallest absolute Gasteiger partial charge is 0.227 e. The summed E-state index contributed by atoms with van der Waals surface area (Å²) in [5, 5.41) is 7.67. The average Bonchev–Trinajstić information content (AvgIpc) is 3.16. The maximum Gasteiger partial charge on any atom is 0.227 e. The number of hydrogen-bond acceptors (Lipinski definition) is 4. The van der Waals surface area contributed by atoms with E-state index in [-0.39, 0.29) is 23.8 Å². The highest BCUT2D eigenvalue weighted by Gasteiger charge is 2.38. The van der Waals surface area contributed by atoms with Crippen molar-refractivity contribution >= 4 is 11.8 Å². The minimum absolute atomic E-state index is 0.104. The number of aromatic nitrogens is 3. The predicted molar refractivity (Wildman–Crippen MR) is 79.8 cm³/mol. The molecule has 7 heteroatoms. The van der Waals surface area contributed by atoms with Crippen LogP contribution in [0.1, 0.15) is 39.2 Å². The third-order valence-electron chi connectivity index (χ3n) is 4.77. The zero-order valence-corrected chi connectivity index (χ0v) is 13.2. The van der Waals surface area contributed by atoms with Crippen LogP contribution < -0.4 is 0 Å². The van der Waals surface area contributed by atoms with Gasteiger partial charge < -0.3 is 14.4 Å². The fourth-order valence-electron chi connectivity index (χ4n) is 3.44. The number of likely N-dealkylation sites (tertiary alicyclic amines) is 2. The van der Waals surface area contributed by atoms with Crippen LogP contribution in [0.25, 0.3) is 0 Å². The number of hydrogen-bond donors (Lipinski definition) is 0.